The maximum atomic E-state index is 12.4. The highest BCUT2D eigenvalue weighted by molar-refractivity contribution is 5.77. The largest absolute Gasteiger partial charge is 0.381 e. The standard InChI is InChI=1S/C20H28N4O2/c25-20(7-12-24-15-21-18-3-1-2-4-19(18)24)22-16-5-10-23(11-6-16)17-8-13-26-14-9-17/h1-4,15-17H,5-14H2,(H,22,25). The molecule has 0 spiro atoms. The Balaban J connectivity index is 1.22. The van der Waals surface area contributed by atoms with E-state index in [9.17, 15) is 4.79 Å². The quantitative estimate of drug-likeness (QED) is 0.892. The van der Waals surface area contributed by atoms with Gasteiger partial charge in [0.2, 0.25) is 5.91 Å². The van der Waals surface area contributed by atoms with Crippen molar-refractivity contribution in [3.05, 3.63) is 30.6 Å². The third-order valence-corrected chi connectivity index (χ3v) is 5.71. The molecule has 0 saturated carbocycles. The van der Waals surface area contributed by atoms with Crippen molar-refractivity contribution in [1.29, 1.82) is 0 Å². The van der Waals surface area contributed by atoms with Crippen molar-refractivity contribution in [2.45, 2.75) is 50.7 Å². The molecule has 2 aliphatic rings. The summed E-state index contributed by atoms with van der Waals surface area (Å²) in [6.45, 7) is 4.63. The third kappa shape index (κ3) is 4.07. The highest BCUT2D eigenvalue weighted by Crippen LogP contribution is 2.20. The first-order valence-electron chi connectivity index (χ1n) is 9.80. The van der Waals surface area contributed by atoms with Crippen molar-refractivity contribution < 1.29 is 9.53 Å². The second kappa shape index (κ2) is 8.18. The lowest BCUT2D eigenvalue weighted by Crippen LogP contribution is -2.49. The van der Waals surface area contributed by atoms with Gasteiger partial charge in [0, 0.05) is 51.4 Å². The number of carbonyl (C=O) groups excluding carboxylic acids is 1. The summed E-state index contributed by atoms with van der Waals surface area (Å²) in [5.74, 6) is 0.146. The van der Waals surface area contributed by atoms with E-state index >= 15 is 0 Å². The number of ether oxygens (including phenoxy) is 1. The molecular formula is C20H28N4O2. The first kappa shape index (κ1) is 17.5. The molecule has 1 N–H and O–H groups in total. The monoisotopic (exact) mass is 356 g/mol. The highest BCUT2D eigenvalue weighted by atomic mass is 16.5. The Morgan fingerprint density at radius 3 is 2.73 bits per heavy atom. The minimum absolute atomic E-state index is 0.146. The molecule has 3 heterocycles. The number of amides is 1. The summed E-state index contributed by atoms with van der Waals surface area (Å²) in [5.41, 5.74) is 2.07. The number of likely N-dealkylation sites (tertiary alicyclic amines) is 1. The number of fused-ring (bicyclic) bond motifs is 1. The Labute approximate surface area is 154 Å². The molecule has 2 aliphatic heterocycles. The number of carbonyl (C=O) groups is 1. The third-order valence-electron chi connectivity index (χ3n) is 5.71. The van der Waals surface area contributed by atoms with E-state index in [4.69, 9.17) is 4.74 Å². The number of imidazole rings is 1. The van der Waals surface area contributed by atoms with E-state index in [0.717, 1.165) is 63.0 Å². The second-order valence-corrected chi connectivity index (χ2v) is 7.40. The molecule has 0 unspecified atom stereocenters. The summed E-state index contributed by atoms with van der Waals surface area (Å²) in [4.78, 5) is 19.3. The predicted molar refractivity (Wildman–Crippen MR) is 101 cm³/mol. The minimum atomic E-state index is 0.146. The number of aromatic nitrogens is 2. The molecule has 4 rings (SSSR count). The highest BCUT2D eigenvalue weighted by Gasteiger charge is 2.26. The van der Waals surface area contributed by atoms with E-state index in [-0.39, 0.29) is 5.91 Å². The normalized spacial score (nSPS) is 20.5. The maximum absolute atomic E-state index is 12.4. The van der Waals surface area contributed by atoms with Crippen LogP contribution in [0.5, 0.6) is 0 Å². The van der Waals surface area contributed by atoms with Crippen LogP contribution in [-0.2, 0) is 16.1 Å². The molecule has 0 radical (unpaired) electrons. The lowest BCUT2D eigenvalue weighted by atomic mass is 9.99. The maximum Gasteiger partial charge on any atom is 0.222 e. The number of benzene rings is 1. The zero-order chi connectivity index (χ0) is 17.8. The lowest BCUT2D eigenvalue weighted by Gasteiger charge is -2.39. The van der Waals surface area contributed by atoms with E-state index in [0.29, 0.717) is 25.0 Å². The molecule has 6 heteroatoms. The van der Waals surface area contributed by atoms with E-state index < -0.39 is 0 Å². The van der Waals surface area contributed by atoms with E-state index in [1.807, 2.05) is 30.6 Å². The summed E-state index contributed by atoms with van der Waals surface area (Å²) < 4.78 is 7.52. The number of nitrogens with zero attached hydrogens (tertiary/aromatic N) is 3. The van der Waals surface area contributed by atoms with E-state index in [1.54, 1.807) is 0 Å². The van der Waals surface area contributed by atoms with Crippen LogP contribution >= 0.6 is 0 Å². The van der Waals surface area contributed by atoms with Gasteiger partial charge in [-0.1, -0.05) is 12.1 Å². The van der Waals surface area contributed by atoms with Crippen LogP contribution in [0.15, 0.2) is 30.6 Å². The van der Waals surface area contributed by atoms with Crippen LogP contribution in [0.1, 0.15) is 32.1 Å². The summed E-state index contributed by atoms with van der Waals surface area (Å²) in [5, 5.41) is 3.23. The molecule has 6 nitrogen and oxygen atoms in total. The van der Waals surface area contributed by atoms with E-state index in [2.05, 4.69) is 19.8 Å². The van der Waals surface area contributed by atoms with Crippen LogP contribution in [0.25, 0.3) is 11.0 Å². The van der Waals surface area contributed by atoms with Gasteiger partial charge in [0.25, 0.3) is 0 Å². The number of hydrogen-bond donors (Lipinski definition) is 1. The summed E-state index contributed by atoms with van der Waals surface area (Å²) >= 11 is 0. The molecule has 0 atom stereocenters. The number of nitrogens with one attached hydrogen (secondary N) is 1. The van der Waals surface area contributed by atoms with E-state index in [1.165, 1.54) is 0 Å². The zero-order valence-corrected chi connectivity index (χ0v) is 15.3. The van der Waals surface area contributed by atoms with Gasteiger partial charge in [-0.15, -0.1) is 0 Å². The molecule has 140 valence electrons. The van der Waals surface area contributed by atoms with Gasteiger partial charge in [0.05, 0.1) is 17.4 Å². The van der Waals surface area contributed by atoms with Gasteiger partial charge in [0.1, 0.15) is 0 Å². The van der Waals surface area contributed by atoms with Crippen LogP contribution in [0.3, 0.4) is 0 Å². The Morgan fingerprint density at radius 2 is 1.92 bits per heavy atom. The molecule has 2 fully saturated rings. The molecule has 1 aromatic heterocycles. The van der Waals surface area contributed by atoms with Gasteiger partial charge in [-0.3, -0.25) is 4.79 Å². The number of aryl methyl sites for hydroxylation is 1. The van der Waals surface area contributed by atoms with Crippen LogP contribution in [0.4, 0.5) is 0 Å². The van der Waals surface area contributed by atoms with Crippen molar-refractivity contribution in [3.63, 3.8) is 0 Å². The van der Waals surface area contributed by atoms with Gasteiger partial charge in [-0.25, -0.2) is 4.98 Å². The van der Waals surface area contributed by atoms with Gasteiger partial charge in [-0.2, -0.15) is 0 Å². The Hall–Kier alpha value is -1.92. The Kier molecular flexibility index (Phi) is 5.51. The SMILES string of the molecule is O=C(CCn1cnc2ccccc21)NC1CCN(C2CCOCC2)CC1. The minimum Gasteiger partial charge on any atom is -0.381 e. The second-order valence-electron chi connectivity index (χ2n) is 7.40. The average Bonchev–Trinajstić information content (AvgIpc) is 3.11. The van der Waals surface area contributed by atoms with Gasteiger partial charge in [-0.05, 0) is 37.8 Å². The van der Waals surface area contributed by atoms with Crippen molar-refractivity contribution in [1.82, 2.24) is 19.8 Å². The zero-order valence-electron chi connectivity index (χ0n) is 15.3. The number of piperidine rings is 1. The molecular weight excluding hydrogens is 328 g/mol. The topological polar surface area (TPSA) is 59.4 Å². The summed E-state index contributed by atoms with van der Waals surface area (Å²) in [6, 6.07) is 9.03. The van der Waals surface area contributed by atoms with Gasteiger partial charge < -0.3 is 19.5 Å². The smallest absolute Gasteiger partial charge is 0.222 e. The Morgan fingerprint density at radius 1 is 1.15 bits per heavy atom. The summed E-state index contributed by atoms with van der Waals surface area (Å²) in [6.07, 6.45) is 6.73. The first-order valence-corrected chi connectivity index (χ1v) is 9.80. The number of para-hydroxylation sites is 2. The first-order chi connectivity index (χ1) is 12.8. The fraction of sp³-hybridized carbons (Fsp3) is 0.600. The fourth-order valence-electron chi connectivity index (χ4n) is 4.17. The average molecular weight is 356 g/mol. The number of rotatable bonds is 5. The number of hydrogen-bond acceptors (Lipinski definition) is 4. The van der Waals surface area contributed by atoms with Crippen LogP contribution in [0.2, 0.25) is 0 Å². The molecule has 1 amide bonds. The van der Waals surface area contributed by atoms with Crippen molar-refractivity contribution in [2.24, 2.45) is 0 Å². The Bertz CT molecular complexity index is 730. The van der Waals surface area contributed by atoms with Gasteiger partial charge >= 0.3 is 0 Å². The van der Waals surface area contributed by atoms with Crippen LogP contribution < -0.4 is 5.32 Å². The molecule has 2 aromatic rings. The van der Waals surface area contributed by atoms with Crippen LogP contribution in [0, 0.1) is 0 Å². The predicted octanol–water partition coefficient (Wildman–Crippen LogP) is 2.19. The van der Waals surface area contributed by atoms with Crippen LogP contribution in [-0.4, -0.2) is 58.7 Å². The van der Waals surface area contributed by atoms with Crippen molar-refractivity contribution in [3.8, 4) is 0 Å². The van der Waals surface area contributed by atoms with Crippen molar-refractivity contribution in [2.75, 3.05) is 26.3 Å². The molecule has 1 aromatic carbocycles. The summed E-state index contributed by atoms with van der Waals surface area (Å²) in [7, 11) is 0. The molecule has 2 saturated heterocycles. The molecule has 0 bridgehead atoms. The molecule has 26 heavy (non-hydrogen) atoms. The van der Waals surface area contributed by atoms with Crippen molar-refractivity contribution >= 4 is 16.9 Å². The van der Waals surface area contributed by atoms with Gasteiger partial charge in [0.15, 0.2) is 0 Å². The fourth-order valence-corrected chi connectivity index (χ4v) is 4.17. The molecule has 0 aliphatic carbocycles. The lowest BCUT2D eigenvalue weighted by molar-refractivity contribution is -0.122.